The summed E-state index contributed by atoms with van der Waals surface area (Å²) in [5.41, 5.74) is 1.00. The molecule has 0 aliphatic carbocycles. The van der Waals surface area contributed by atoms with E-state index < -0.39 is 0 Å². The molecule has 2 nitrogen and oxygen atoms in total. The fourth-order valence-electron chi connectivity index (χ4n) is 0.777. The Morgan fingerprint density at radius 3 is 2.60 bits per heavy atom. The number of aromatic nitrogens is 1. The highest BCUT2D eigenvalue weighted by Crippen LogP contribution is 2.25. The number of rotatable bonds is 2. The molecule has 0 saturated heterocycles. The van der Waals surface area contributed by atoms with Gasteiger partial charge in [0.1, 0.15) is 0 Å². The minimum atomic E-state index is 0.942. The van der Waals surface area contributed by atoms with Crippen molar-refractivity contribution >= 4 is 11.3 Å². The second-order valence-electron chi connectivity index (χ2n) is 2.04. The van der Waals surface area contributed by atoms with Gasteiger partial charge in [-0.3, -0.25) is 0 Å². The molecule has 0 aromatic carbocycles. The van der Waals surface area contributed by atoms with Crippen molar-refractivity contribution in [3.8, 4) is 5.06 Å². The molecular formula is C7H11NOS. The second-order valence-corrected chi connectivity index (χ2v) is 3.08. The lowest BCUT2D eigenvalue weighted by atomic mass is 10.5. The second kappa shape index (κ2) is 3.01. The minimum absolute atomic E-state index is 0.942. The van der Waals surface area contributed by atoms with Gasteiger partial charge >= 0.3 is 0 Å². The maximum absolute atomic E-state index is 5.08. The smallest absolute Gasteiger partial charge is 0.196 e. The summed E-state index contributed by atoms with van der Waals surface area (Å²) < 4.78 is 5.08. The molecule has 0 radical (unpaired) electrons. The first-order valence-electron chi connectivity index (χ1n) is 3.28. The predicted octanol–water partition coefficient (Wildman–Crippen LogP) is 2.02. The van der Waals surface area contributed by atoms with Gasteiger partial charge in [0.2, 0.25) is 0 Å². The molecule has 0 spiro atoms. The Hall–Kier alpha value is -0.570. The lowest BCUT2D eigenvalue weighted by molar-refractivity contribution is 0.423. The van der Waals surface area contributed by atoms with Gasteiger partial charge in [0.05, 0.1) is 17.8 Å². The van der Waals surface area contributed by atoms with Crippen molar-refractivity contribution in [1.29, 1.82) is 0 Å². The molecule has 0 amide bonds. The van der Waals surface area contributed by atoms with Gasteiger partial charge in [-0.25, -0.2) is 4.98 Å². The number of hydrogen-bond acceptors (Lipinski definition) is 3. The minimum Gasteiger partial charge on any atom is -0.486 e. The summed E-state index contributed by atoms with van der Waals surface area (Å²) in [6.07, 6.45) is 0.995. The van der Waals surface area contributed by atoms with Gasteiger partial charge in [0, 0.05) is 0 Å². The summed E-state index contributed by atoms with van der Waals surface area (Å²) in [4.78, 5) is 4.29. The first-order valence-corrected chi connectivity index (χ1v) is 4.09. The summed E-state index contributed by atoms with van der Waals surface area (Å²) in [6, 6.07) is 0. The van der Waals surface area contributed by atoms with Crippen molar-refractivity contribution in [3.63, 3.8) is 0 Å². The van der Waals surface area contributed by atoms with Crippen LogP contribution in [0, 0.1) is 6.92 Å². The Labute approximate surface area is 64.9 Å². The maximum atomic E-state index is 5.08. The molecule has 0 aliphatic heterocycles. The van der Waals surface area contributed by atoms with E-state index in [4.69, 9.17) is 4.74 Å². The Bertz CT molecular complexity index is 219. The highest BCUT2D eigenvalue weighted by molar-refractivity contribution is 7.13. The number of aryl methyl sites for hydroxylation is 2. The largest absolute Gasteiger partial charge is 0.486 e. The number of hydrogen-bond donors (Lipinski definition) is 0. The van der Waals surface area contributed by atoms with Crippen LogP contribution in [0.2, 0.25) is 0 Å². The van der Waals surface area contributed by atoms with Gasteiger partial charge in [0.25, 0.3) is 0 Å². The van der Waals surface area contributed by atoms with Crippen LogP contribution >= 0.6 is 11.3 Å². The number of thiazole rings is 1. The van der Waals surface area contributed by atoms with E-state index in [1.807, 2.05) is 6.92 Å². The van der Waals surface area contributed by atoms with Crippen molar-refractivity contribution < 1.29 is 4.74 Å². The molecule has 0 bridgehead atoms. The van der Waals surface area contributed by atoms with Crippen LogP contribution in [0.5, 0.6) is 5.06 Å². The molecule has 1 rings (SSSR count). The van der Waals surface area contributed by atoms with Crippen LogP contribution in [0.4, 0.5) is 0 Å². The summed E-state index contributed by atoms with van der Waals surface area (Å²) in [5, 5.41) is 2.09. The van der Waals surface area contributed by atoms with Gasteiger partial charge in [-0.1, -0.05) is 18.3 Å². The third-order valence-electron chi connectivity index (χ3n) is 1.29. The maximum Gasteiger partial charge on any atom is 0.196 e. The van der Waals surface area contributed by atoms with Crippen molar-refractivity contribution in [1.82, 2.24) is 4.98 Å². The number of ether oxygens (including phenoxy) is 1. The number of methoxy groups -OCH3 is 1. The first kappa shape index (κ1) is 7.54. The molecule has 1 aromatic rings. The average molecular weight is 157 g/mol. The Kier molecular flexibility index (Phi) is 2.27. The van der Waals surface area contributed by atoms with Crippen LogP contribution < -0.4 is 4.74 Å². The van der Waals surface area contributed by atoms with Crippen molar-refractivity contribution in [2.24, 2.45) is 0 Å². The predicted molar refractivity (Wildman–Crippen MR) is 42.8 cm³/mol. The van der Waals surface area contributed by atoms with Crippen LogP contribution in [0.25, 0.3) is 0 Å². The third kappa shape index (κ3) is 1.29. The van der Waals surface area contributed by atoms with E-state index in [0.717, 1.165) is 22.2 Å². The van der Waals surface area contributed by atoms with Crippen LogP contribution in [0.1, 0.15) is 17.6 Å². The fraction of sp³-hybridized carbons (Fsp3) is 0.571. The standard InChI is InChI=1S/C7H11NOS/c1-4-6-8-5(2)7(9-3)10-6/h4H2,1-3H3. The SMILES string of the molecule is CCc1nc(C)c(OC)s1. The van der Waals surface area contributed by atoms with Crippen LogP contribution in [0.15, 0.2) is 0 Å². The molecule has 0 fully saturated rings. The Morgan fingerprint density at radius 2 is 2.30 bits per heavy atom. The third-order valence-corrected chi connectivity index (χ3v) is 2.55. The zero-order chi connectivity index (χ0) is 7.56. The first-order chi connectivity index (χ1) is 4.77. The van der Waals surface area contributed by atoms with E-state index in [0.29, 0.717) is 0 Å². The molecule has 1 heterocycles. The molecule has 0 N–H and O–H groups in total. The summed E-state index contributed by atoms with van der Waals surface area (Å²) in [6.45, 7) is 4.06. The molecule has 56 valence electrons. The van der Waals surface area contributed by atoms with Crippen LogP contribution in [0.3, 0.4) is 0 Å². The summed E-state index contributed by atoms with van der Waals surface area (Å²) >= 11 is 1.63. The zero-order valence-corrected chi connectivity index (χ0v) is 7.29. The molecule has 1 aromatic heterocycles. The van der Waals surface area contributed by atoms with Crippen molar-refractivity contribution in [3.05, 3.63) is 10.7 Å². The quantitative estimate of drug-likeness (QED) is 0.655. The zero-order valence-electron chi connectivity index (χ0n) is 6.47. The summed E-state index contributed by atoms with van der Waals surface area (Å²) in [5.74, 6) is 0. The number of nitrogens with zero attached hydrogens (tertiary/aromatic N) is 1. The van der Waals surface area contributed by atoms with Gasteiger partial charge < -0.3 is 4.74 Å². The molecule has 0 saturated carbocycles. The molecular weight excluding hydrogens is 146 g/mol. The lowest BCUT2D eigenvalue weighted by Gasteiger charge is -1.90. The molecule has 0 atom stereocenters. The van der Waals surface area contributed by atoms with Crippen LogP contribution in [-0.4, -0.2) is 12.1 Å². The van der Waals surface area contributed by atoms with E-state index in [1.54, 1.807) is 18.4 Å². The van der Waals surface area contributed by atoms with Gasteiger partial charge in [0.15, 0.2) is 5.06 Å². The fourth-order valence-corrected chi connectivity index (χ4v) is 1.59. The molecule has 0 aliphatic rings. The monoisotopic (exact) mass is 157 g/mol. The Morgan fingerprint density at radius 1 is 1.60 bits per heavy atom. The van der Waals surface area contributed by atoms with Crippen molar-refractivity contribution in [2.75, 3.05) is 7.11 Å². The summed E-state index contributed by atoms with van der Waals surface area (Å²) in [7, 11) is 1.68. The van der Waals surface area contributed by atoms with Gasteiger partial charge in [-0.15, -0.1) is 0 Å². The van der Waals surface area contributed by atoms with E-state index in [1.165, 1.54) is 0 Å². The normalized spacial score (nSPS) is 9.90. The molecule has 0 unspecified atom stereocenters. The Balaban J connectivity index is 2.92. The van der Waals surface area contributed by atoms with Gasteiger partial charge in [-0.05, 0) is 13.3 Å². The van der Waals surface area contributed by atoms with Crippen molar-refractivity contribution in [2.45, 2.75) is 20.3 Å². The topological polar surface area (TPSA) is 22.1 Å². The van der Waals surface area contributed by atoms with Gasteiger partial charge in [-0.2, -0.15) is 0 Å². The molecule has 3 heteroatoms. The lowest BCUT2D eigenvalue weighted by Crippen LogP contribution is -1.80. The molecule has 10 heavy (non-hydrogen) atoms. The van der Waals surface area contributed by atoms with E-state index in [2.05, 4.69) is 11.9 Å². The van der Waals surface area contributed by atoms with E-state index in [-0.39, 0.29) is 0 Å². The van der Waals surface area contributed by atoms with Crippen LogP contribution in [-0.2, 0) is 6.42 Å². The highest BCUT2D eigenvalue weighted by atomic mass is 32.1. The average Bonchev–Trinajstić information content (AvgIpc) is 2.30. The van der Waals surface area contributed by atoms with E-state index >= 15 is 0 Å². The van der Waals surface area contributed by atoms with E-state index in [9.17, 15) is 0 Å². The highest BCUT2D eigenvalue weighted by Gasteiger charge is 2.04.